The second-order valence-corrected chi connectivity index (χ2v) is 19.2. The molecular formula is C62H108O6. The molecule has 392 valence electrons. The first-order valence-electron chi connectivity index (χ1n) is 28.9. The molecule has 0 radical (unpaired) electrons. The van der Waals surface area contributed by atoms with Crippen molar-refractivity contribution in [2.75, 3.05) is 13.2 Å². The average Bonchev–Trinajstić information content (AvgIpc) is 3.34. The maximum atomic E-state index is 12.8. The lowest BCUT2D eigenvalue weighted by Crippen LogP contribution is -2.30. The average molecular weight is 950 g/mol. The highest BCUT2D eigenvalue weighted by atomic mass is 16.6. The van der Waals surface area contributed by atoms with Crippen LogP contribution in [0.15, 0.2) is 72.9 Å². The fraction of sp³-hybridized carbons (Fsp3) is 0.758. The zero-order chi connectivity index (χ0) is 49.3. The summed E-state index contributed by atoms with van der Waals surface area (Å²) in [4.78, 5) is 38.0. The van der Waals surface area contributed by atoms with Gasteiger partial charge in [-0.1, -0.05) is 241 Å². The predicted molar refractivity (Wildman–Crippen MR) is 293 cm³/mol. The fourth-order valence-electron chi connectivity index (χ4n) is 8.04. The smallest absolute Gasteiger partial charge is 0.306 e. The summed E-state index contributed by atoms with van der Waals surface area (Å²) >= 11 is 0. The maximum absolute atomic E-state index is 12.8. The Bertz CT molecular complexity index is 1270. The number of carbonyl (C=O) groups excluding carboxylic acids is 3. The topological polar surface area (TPSA) is 78.9 Å². The number of rotatable bonds is 52. The normalized spacial score (nSPS) is 12.6. The molecule has 6 heteroatoms. The van der Waals surface area contributed by atoms with Gasteiger partial charge in [0, 0.05) is 19.3 Å². The molecule has 0 fully saturated rings. The monoisotopic (exact) mass is 949 g/mol. The van der Waals surface area contributed by atoms with E-state index < -0.39 is 6.10 Å². The van der Waals surface area contributed by atoms with Crippen molar-refractivity contribution in [3.63, 3.8) is 0 Å². The number of ether oxygens (including phenoxy) is 3. The summed E-state index contributed by atoms with van der Waals surface area (Å²) in [5, 5.41) is 0. The van der Waals surface area contributed by atoms with Crippen molar-refractivity contribution in [2.45, 2.75) is 290 Å². The van der Waals surface area contributed by atoms with Crippen LogP contribution < -0.4 is 0 Å². The van der Waals surface area contributed by atoms with Crippen LogP contribution >= 0.6 is 0 Å². The van der Waals surface area contributed by atoms with E-state index in [9.17, 15) is 14.4 Å². The number of hydrogen-bond acceptors (Lipinski definition) is 6. The van der Waals surface area contributed by atoms with Crippen molar-refractivity contribution in [2.24, 2.45) is 0 Å². The highest BCUT2D eigenvalue weighted by Gasteiger charge is 2.19. The van der Waals surface area contributed by atoms with E-state index >= 15 is 0 Å². The largest absolute Gasteiger partial charge is 0.462 e. The van der Waals surface area contributed by atoms with E-state index in [1.807, 2.05) is 0 Å². The summed E-state index contributed by atoms with van der Waals surface area (Å²) in [6, 6.07) is 0. The van der Waals surface area contributed by atoms with Crippen LogP contribution in [0.1, 0.15) is 284 Å². The van der Waals surface area contributed by atoms with Gasteiger partial charge in [0.25, 0.3) is 0 Å². The van der Waals surface area contributed by atoms with Gasteiger partial charge in [-0.25, -0.2) is 0 Å². The molecule has 0 bridgehead atoms. The summed E-state index contributed by atoms with van der Waals surface area (Å²) in [7, 11) is 0. The highest BCUT2D eigenvalue weighted by molar-refractivity contribution is 5.71. The first kappa shape index (κ1) is 64.8. The van der Waals surface area contributed by atoms with Crippen molar-refractivity contribution >= 4 is 17.9 Å². The Labute approximate surface area is 421 Å². The number of hydrogen-bond donors (Lipinski definition) is 0. The van der Waals surface area contributed by atoms with Crippen molar-refractivity contribution in [3.8, 4) is 0 Å². The van der Waals surface area contributed by atoms with Gasteiger partial charge >= 0.3 is 17.9 Å². The number of carbonyl (C=O) groups is 3. The molecule has 0 amide bonds. The second-order valence-electron chi connectivity index (χ2n) is 19.2. The van der Waals surface area contributed by atoms with E-state index in [-0.39, 0.29) is 31.1 Å². The zero-order valence-electron chi connectivity index (χ0n) is 44.9. The Morgan fingerprint density at radius 2 is 0.529 bits per heavy atom. The Balaban J connectivity index is 4.30. The van der Waals surface area contributed by atoms with Gasteiger partial charge in [-0.15, -0.1) is 0 Å². The van der Waals surface area contributed by atoms with Crippen LogP contribution in [0, 0.1) is 0 Å². The Morgan fingerprint density at radius 1 is 0.294 bits per heavy atom. The van der Waals surface area contributed by atoms with Crippen LogP contribution in [0.4, 0.5) is 0 Å². The molecule has 6 nitrogen and oxygen atoms in total. The Hall–Kier alpha value is -3.15. The maximum Gasteiger partial charge on any atom is 0.306 e. The van der Waals surface area contributed by atoms with E-state index in [0.717, 1.165) is 103 Å². The molecule has 0 heterocycles. The van der Waals surface area contributed by atoms with Crippen LogP contribution in [-0.2, 0) is 28.6 Å². The standard InChI is InChI=1S/C62H108O6/c1-4-7-10-13-16-19-21-23-25-27-29-31-33-35-37-39-41-43-46-49-52-55-61(64)67-58-59(57-66-60(63)54-51-48-45-18-15-12-9-6-3)68-62(65)56-53-50-47-44-42-40-38-36-34-32-30-28-26-24-22-20-17-14-11-8-5-2/h21-24,27-30,33-36,59H,4-20,25-26,31-32,37-58H2,1-3H3/b23-21-,24-22-,29-27-,30-28-,35-33-,36-34-. The number of esters is 3. The van der Waals surface area contributed by atoms with Crippen LogP contribution in [-0.4, -0.2) is 37.2 Å². The lowest BCUT2D eigenvalue weighted by Gasteiger charge is -2.18. The highest BCUT2D eigenvalue weighted by Crippen LogP contribution is 2.14. The van der Waals surface area contributed by atoms with E-state index in [1.165, 1.54) is 141 Å². The summed E-state index contributed by atoms with van der Waals surface area (Å²) in [5.74, 6) is -0.908. The van der Waals surface area contributed by atoms with Gasteiger partial charge in [0.15, 0.2) is 6.10 Å². The lowest BCUT2D eigenvalue weighted by atomic mass is 10.1. The lowest BCUT2D eigenvalue weighted by molar-refractivity contribution is -0.167. The third-order valence-corrected chi connectivity index (χ3v) is 12.4. The quantitative estimate of drug-likeness (QED) is 0.0262. The van der Waals surface area contributed by atoms with Gasteiger partial charge in [-0.2, -0.15) is 0 Å². The molecule has 0 rings (SSSR count). The minimum Gasteiger partial charge on any atom is -0.462 e. The molecule has 68 heavy (non-hydrogen) atoms. The molecule has 0 aromatic carbocycles. The van der Waals surface area contributed by atoms with E-state index in [0.29, 0.717) is 19.3 Å². The van der Waals surface area contributed by atoms with E-state index in [1.54, 1.807) is 0 Å². The molecule has 0 aliphatic carbocycles. The minimum atomic E-state index is -0.786. The van der Waals surface area contributed by atoms with Gasteiger partial charge in [-0.3, -0.25) is 14.4 Å². The Morgan fingerprint density at radius 3 is 0.824 bits per heavy atom. The molecule has 1 unspecified atom stereocenters. The summed E-state index contributed by atoms with van der Waals surface area (Å²) < 4.78 is 16.8. The third-order valence-electron chi connectivity index (χ3n) is 12.4. The van der Waals surface area contributed by atoms with Gasteiger partial charge in [-0.05, 0) is 96.3 Å². The molecule has 0 spiro atoms. The van der Waals surface area contributed by atoms with E-state index in [2.05, 4.69) is 93.7 Å². The van der Waals surface area contributed by atoms with Crippen molar-refractivity contribution in [1.29, 1.82) is 0 Å². The molecule has 0 aromatic rings. The SMILES string of the molecule is CCCCCCC/C=C\C/C=C\C/C=C\CCCCCCCCC(=O)OCC(COC(=O)CCCCCCCCCC)OC(=O)CCCCCCCC/C=C\C/C=C\C/C=C\CCCCCCC. The fourth-order valence-corrected chi connectivity index (χ4v) is 8.04. The minimum absolute atomic E-state index is 0.0842. The molecule has 0 aliphatic heterocycles. The first-order chi connectivity index (χ1) is 33.5. The molecule has 0 aromatic heterocycles. The molecule has 0 aliphatic rings. The molecule has 0 saturated carbocycles. The molecule has 0 saturated heterocycles. The van der Waals surface area contributed by atoms with Crippen molar-refractivity contribution < 1.29 is 28.6 Å². The predicted octanol–water partition coefficient (Wildman–Crippen LogP) is 19.4. The second kappa shape index (κ2) is 56.4. The van der Waals surface area contributed by atoms with Gasteiger partial charge in [0.1, 0.15) is 13.2 Å². The van der Waals surface area contributed by atoms with Crippen LogP contribution in [0.2, 0.25) is 0 Å². The number of allylic oxidation sites excluding steroid dienone is 12. The van der Waals surface area contributed by atoms with Gasteiger partial charge in [0.2, 0.25) is 0 Å². The first-order valence-corrected chi connectivity index (χ1v) is 28.9. The van der Waals surface area contributed by atoms with Crippen LogP contribution in [0.25, 0.3) is 0 Å². The molecule has 0 N–H and O–H groups in total. The third kappa shape index (κ3) is 53.8. The number of unbranched alkanes of at least 4 members (excludes halogenated alkanes) is 29. The summed E-state index contributed by atoms with van der Waals surface area (Å²) in [5.41, 5.74) is 0. The summed E-state index contributed by atoms with van der Waals surface area (Å²) in [6.07, 6.45) is 71.9. The van der Waals surface area contributed by atoms with Crippen molar-refractivity contribution in [3.05, 3.63) is 72.9 Å². The van der Waals surface area contributed by atoms with E-state index in [4.69, 9.17) is 14.2 Å². The molecule has 1 atom stereocenters. The molecular weight excluding hydrogens is 841 g/mol. The Kier molecular flexibility index (Phi) is 53.8. The zero-order valence-corrected chi connectivity index (χ0v) is 44.9. The van der Waals surface area contributed by atoms with Gasteiger partial charge < -0.3 is 14.2 Å². The van der Waals surface area contributed by atoms with Crippen molar-refractivity contribution in [1.82, 2.24) is 0 Å². The van der Waals surface area contributed by atoms with Crippen LogP contribution in [0.3, 0.4) is 0 Å². The van der Waals surface area contributed by atoms with Crippen LogP contribution in [0.5, 0.6) is 0 Å². The van der Waals surface area contributed by atoms with Gasteiger partial charge in [0.05, 0.1) is 0 Å². The summed E-state index contributed by atoms with van der Waals surface area (Å²) in [6.45, 7) is 6.58.